The number of allylic oxidation sites excluding steroid dienone is 3. The van der Waals surface area contributed by atoms with Gasteiger partial charge in [-0.1, -0.05) is 78.9 Å². The average molecular weight is 471 g/mol. The summed E-state index contributed by atoms with van der Waals surface area (Å²) in [6.45, 7) is 0. The number of rotatable bonds is 6. The van der Waals surface area contributed by atoms with Crippen molar-refractivity contribution in [2.24, 2.45) is 0 Å². The lowest BCUT2D eigenvalue weighted by Crippen LogP contribution is -2.33. The summed E-state index contributed by atoms with van der Waals surface area (Å²) in [5, 5.41) is 0. The van der Waals surface area contributed by atoms with Gasteiger partial charge in [-0.25, -0.2) is 0 Å². The Labute approximate surface area is 211 Å². The van der Waals surface area contributed by atoms with Gasteiger partial charge in [0, 0.05) is 22.8 Å². The zero-order valence-electron chi connectivity index (χ0n) is 19.8. The summed E-state index contributed by atoms with van der Waals surface area (Å²) in [5.74, 6) is -0.512. The van der Waals surface area contributed by atoms with E-state index in [1.807, 2.05) is 97.1 Å². The third-order valence-corrected chi connectivity index (χ3v) is 6.07. The van der Waals surface area contributed by atoms with E-state index < -0.39 is 0 Å². The Balaban J connectivity index is 1.60. The minimum absolute atomic E-state index is 0.246. The minimum atomic E-state index is -0.266. The van der Waals surface area contributed by atoms with E-state index in [0.717, 1.165) is 35.6 Å². The van der Waals surface area contributed by atoms with Crippen LogP contribution in [0, 0.1) is 0 Å². The summed E-state index contributed by atoms with van der Waals surface area (Å²) >= 11 is 0. The third kappa shape index (κ3) is 4.75. The van der Waals surface area contributed by atoms with Gasteiger partial charge in [-0.05, 0) is 67.4 Å². The van der Waals surface area contributed by atoms with E-state index >= 15 is 0 Å². The molecule has 4 heteroatoms. The number of amides is 2. The van der Waals surface area contributed by atoms with Crippen LogP contribution >= 0.6 is 0 Å². The molecule has 176 valence electrons. The van der Waals surface area contributed by atoms with Gasteiger partial charge in [0.25, 0.3) is 11.8 Å². The molecule has 0 spiro atoms. The van der Waals surface area contributed by atoms with Crippen LogP contribution in [0.4, 0.5) is 17.1 Å². The molecule has 0 fully saturated rings. The van der Waals surface area contributed by atoms with Crippen molar-refractivity contribution in [3.63, 3.8) is 0 Å². The highest BCUT2D eigenvalue weighted by molar-refractivity contribution is 6.19. The maximum Gasteiger partial charge on any atom is 0.263 e. The Morgan fingerprint density at radius 2 is 0.917 bits per heavy atom. The van der Waals surface area contributed by atoms with E-state index in [1.54, 1.807) is 34.1 Å². The smallest absolute Gasteiger partial charge is 0.263 e. The fraction of sp³-hybridized carbons (Fsp3) is 0.0625. The van der Waals surface area contributed by atoms with Crippen LogP contribution in [0.3, 0.4) is 0 Å². The van der Waals surface area contributed by atoms with Crippen molar-refractivity contribution in [2.45, 2.75) is 12.8 Å². The summed E-state index contributed by atoms with van der Waals surface area (Å²) in [7, 11) is 0. The molecule has 5 rings (SSSR count). The summed E-state index contributed by atoms with van der Waals surface area (Å²) in [5.41, 5.74) is 3.72. The van der Waals surface area contributed by atoms with Crippen molar-refractivity contribution >= 4 is 28.9 Å². The molecule has 2 amide bonds. The highest BCUT2D eigenvalue weighted by Crippen LogP contribution is 2.30. The van der Waals surface area contributed by atoms with E-state index in [-0.39, 0.29) is 11.8 Å². The number of para-hydroxylation sites is 3. The number of hydrogen-bond donors (Lipinski definition) is 0. The van der Waals surface area contributed by atoms with Gasteiger partial charge in [0.2, 0.25) is 0 Å². The van der Waals surface area contributed by atoms with Gasteiger partial charge in [-0.2, -0.15) is 0 Å². The fourth-order valence-electron chi connectivity index (χ4n) is 4.36. The van der Waals surface area contributed by atoms with E-state index in [1.165, 1.54) is 0 Å². The molecule has 0 aliphatic heterocycles. The largest absolute Gasteiger partial charge is 0.277 e. The second-order valence-corrected chi connectivity index (χ2v) is 8.44. The molecule has 1 aliphatic rings. The number of carbonyl (C=O) groups is 2. The number of benzene rings is 4. The quantitative estimate of drug-likeness (QED) is 0.292. The van der Waals surface area contributed by atoms with E-state index in [0.29, 0.717) is 11.1 Å². The van der Waals surface area contributed by atoms with Crippen molar-refractivity contribution in [2.75, 3.05) is 9.80 Å². The van der Waals surface area contributed by atoms with E-state index in [4.69, 9.17) is 0 Å². The molecule has 0 unspecified atom stereocenters. The molecule has 4 nitrogen and oxygen atoms in total. The topological polar surface area (TPSA) is 40.6 Å². The normalized spacial score (nSPS) is 12.5. The summed E-state index contributed by atoms with van der Waals surface area (Å²) in [6.07, 6.45) is 7.91. The first-order valence-electron chi connectivity index (χ1n) is 12.0. The Morgan fingerprint density at radius 1 is 0.500 bits per heavy atom. The highest BCUT2D eigenvalue weighted by Gasteiger charge is 2.28. The zero-order valence-corrected chi connectivity index (χ0v) is 19.8. The molecule has 4 aromatic carbocycles. The molecule has 0 saturated heterocycles. The van der Waals surface area contributed by atoms with Gasteiger partial charge in [0.1, 0.15) is 0 Å². The standard InChI is InChI=1S/C32H26N2O2/c35-31(33(25-15-5-1-6-16-25)26-17-7-2-8-18-26)29-23-13-14-24-30(29)32(36)34(27-19-9-3-10-20-27)28-21-11-4-12-22-28/h1-3,5-11,13-24H,4,12H2. The Hall–Kier alpha value is -4.70. The number of hydrogen-bond acceptors (Lipinski definition) is 2. The van der Waals surface area contributed by atoms with E-state index in [2.05, 4.69) is 12.2 Å². The molecule has 0 saturated carbocycles. The maximum absolute atomic E-state index is 14.1. The molecule has 0 bridgehead atoms. The molecular formula is C32H26N2O2. The van der Waals surface area contributed by atoms with Gasteiger partial charge in [-0.15, -0.1) is 0 Å². The maximum atomic E-state index is 14.1. The summed E-state index contributed by atoms with van der Waals surface area (Å²) in [4.78, 5) is 31.6. The van der Waals surface area contributed by atoms with Crippen molar-refractivity contribution < 1.29 is 9.59 Å². The summed E-state index contributed by atoms with van der Waals surface area (Å²) in [6, 6.07) is 35.6. The van der Waals surface area contributed by atoms with Crippen LogP contribution in [0.5, 0.6) is 0 Å². The van der Waals surface area contributed by atoms with Crippen LogP contribution in [-0.4, -0.2) is 11.8 Å². The SMILES string of the molecule is O=C(c1ccccc1C(=O)N(c1ccccc1)c1ccccc1)N(C1=CCCC=C1)c1ccccc1. The van der Waals surface area contributed by atoms with Crippen LogP contribution in [0.15, 0.2) is 139 Å². The highest BCUT2D eigenvalue weighted by atomic mass is 16.2. The lowest BCUT2D eigenvalue weighted by Gasteiger charge is -2.28. The average Bonchev–Trinajstić information content (AvgIpc) is 2.95. The van der Waals surface area contributed by atoms with Crippen LogP contribution in [0.2, 0.25) is 0 Å². The van der Waals surface area contributed by atoms with Crippen LogP contribution in [-0.2, 0) is 0 Å². The Morgan fingerprint density at radius 3 is 1.36 bits per heavy atom. The predicted octanol–water partition coefficient (Wildman–Crippen LogP) is 7.55. The van der Waals surface area contributed by atoms with Gasteiger partial charge in [-0.3, -0.25) is 19.4 Å². The lowest BCUT2D eigenvalue weighted by atomic mass is 10.0. The first kappa shape index (κ1) is 23.1. The number of carbonyl (C=O) groups excluding carboxylic acids is 2. The Kier molecular flexibility index (Phi) is 6.86. The zero-order chi connectivity index (χ0) is 24.7. The Bertz CT molecular complexity index is 1370. The molecule has 36 heavy (non-hydrogen) atoms. The molecule has 0 radical (unpaired) electrons. The van der Waals surface area contributed by atoms with Gasteiger partial charge < -0.3 is 0 Å². The van der Waals surface area contributed by atoms with Crippen molar-refractivity contribution in [3.8, 4) is 0 Å². The van der Waals surface area contributed by atoms with Crippen molar-refractivity contribution in [3.05, 3.63) is 150 Å². The molecule has 0 heterocycles. The van der Waals surface area contributed by atoms with Gasteiger partial charge in [0.05, 0.1) is 11.1 Å². The van der Waals surface area contributed by atoms with Crippen LogP contribution in [0.1, 0.15) is 33.6 Å². The molecule has 4 aromatic rings. The molecular weight excluding hydrogens is 444 g/mol. The molecule has 1 aliphatic carbocycles. The van der Waals surface area contributed by atoms with Crippen molar-refractivity contribution in [1.82, 2.24) is 0 Å². The molecule has 0 aromatic heterocycles. The van der Waals surface area contributed by atoms with Gasteiger partial charge >= 0.3 is 0 Å². The number of anilines is 3. The summed E-state index contributed by atoms with van der Waals surface area (Å²) < 4.78 is 0. The minimum Gasteiger partial charge on any atom is -0.277 e. The van der Waals surface area contributed by atoms with Crippen molar-refractivity contribution in [1.29, 1.82) is 0 Å². The predicted molar refractivity (Wildman–Crippen MR) is 146 cm³/mol. The van der Waals surface area contributed by atoms with Crippen LogP contribution < -0.4 is 9.80 Å². The first-order chi connectivity index (χ1) is 17.7. The second-order valence-electron chi connectivity index (χ2n) is 8.44. The number of nitrogens with zero attached hydrogens (tertiary/aromatic N) is 2. The van der Waals surface area contributed by atoms with Gasteiger partial charge in [0.15, 0.2) is 0 Å². The monoisotopic (exact) mass is 470 g/mol. The molecule has 0 atom stereocenters. The molecule has 0 N–H and O–H groups in total. The second kappa shape index (κ2) is 10.7. The third-order valence-electron chi connectivity index (χ3n) is 6.07. The first-order valence-corrected chi connectivity index (χ1v) is 12.0. The lowest BCUT2D eigenvalue weighted by molar-refractivity contribution is 0.0965. The van der Waals surface area contributed by atoms with E-state index in [9.17, 15) is 9.59 Å². The van der Waals surface area contributed by atoms with Crippen LogP contribution in [0.25, 0.3) is 0 Å². The fourth-order valence-corrected chi connectivity index (χ4v) is 4.36.